The van der Waals surface area contributed by atoms with Crippen molar-refractivity contribution in [2.45, 2.75) is 45.0 Å². The van der Waals surface area contributed by atoms with E-state index in [2.05, 4.69) is 37.5 Å². The molecule has 4 rings (SSSR count). The largest absolute Gasteiger partial charge is 0.479 e. The van der Waals surface area contributed by atoms with Gasteiger partial charge in [-0.05, 0) is 63.6 Å². The number of benzene rings is 1. The lowest BCUT2D eigenvalue weighted by Crippen LogP contribution is -2.39. The summed E-state index contributed by atoms with van der Waals surface area (Å²) >= 11 is 0. The van der Waals surface area contributed by atoms with Gasteiger partial charge >= 0.3 is 12.3 Å². The summed E-state index contributed by atoms with van der Waals surface area (Å²) in [6, 6.07) is 9.46. The molecule has 12 nitrogen and oxygen atoms in total. The summed E-state index contributed by atoms with van der Waals surface area (Å²) in [6.07, 6.45) is -2.67. The molecule has 2 aromatic heterocycles. The fraction of sp³-hybridized carbons (Fsp3) is 0.367. The van der Waals surface area contributed by atoms with Crippen molar-refractivity contribution in [3.8, 4) is 5.88 Å². The highest BCUT2D eigenvalue weighted by Crippen LogP contribution is 2.36. The van der Waals surface area contributed by atoms with E-state index >= 15 is 0 Å². The van der Waals surface area contributed by atoms with Gasteiger partial charge in [0.25, 0.3) is 0 Å². The average molecular weight is 629 g/mol. The smallest absolute Gasteiger partial charge is 0.421 e. The van der Waals surface area contributed by atoms with E-state index in [0.717, 1.165) is 6.08 Å². The highest BCUT2D eigenvalue weighted by Gasteiger charge is 2.36. The maximum Gasteiger partial charge on any atom is 0.421 e. The molecule has 15 heteroatoms. The summed E-state index contributed by atoms with van der Waals surface area (Å²) in [7, 11) is 3.27. The van der Waals surface area contributed by atoms with E-state index in [-0.39, 0.29) is 29.7 Å². The summed E-state index contributed by atoms with van der Waals surface area (Å²) in [5, 5.41) is 8.10. The topological polar surface area (TPSA) is 134 Å². The van der Waals surface area contributed by atoms with Gasteiger partial charge in [-0.25, -0.2) is 9.78 Å². The number of hydrogen-bond donors (Lipinski definition) is 3. The number of carbonyl (C=O) groups excluding carboxylic acids is 2. The first kappa shape index (κ1) is 32.8. The lowest BCUT2D eigenvalue weighted by atomic mass is 10.2. The first-order valence-corrected chi connectivity index (χ1v) is 13.9. The Kier molecular flexibility index (Phi) is 9.69. The Bertz CT molecular complexity index is 1560. The molecule has 1 unspecified atom stereocenters. The maximum atomic E-state index is 13.8. The molecule has 1 aliphatic rings. The molecule has 0 bridgehead atoms. The molecule has 3 heterocycles. The molecule has 1 fully saturated rings. The Morgan fingerprint density at radius 2 is 1.84 bits per heavy atom. The monoisotopic (exact) mass is 628 g/mol. The van der Waals surface area contributed by atoms with Crippen molar-refractivity contribution < 1.29 is 32.2 Å². The van der Waals surface area contributed by atoms with E-state index in [0.29, 0.717) is 42.9 Å². The van der Waals surface area contributed by atoms with Crippen LogP contribution in [-0.4, -0.2) is 70.7 Å². The van der Waals surface area contributed by atoms with E-state index in [1.807, 2.05) is 32.7 Å². The van der Waals surface area contributed by atoms with E-state index in [1.54, 1.807) is 29.2 Å². The predicted octanol–water partition coefficient (Wildman–Crippen LogP) is 5.96. The van der Waals surface area contributed by atoms with Gasteiger partial charge in [0.1, 0.15) is 28.5 Å². The number of methoxy groups -OCH3 is 1. The second-order valence-electron chi connectivity index (χ2n) is 11.2. The summed E-state index contributed by atoms with van der Waals surface area (Å²) in [5.41, 5.74) is -0.774. The minimum Gasteiger partial charge on any atom is -0.479 e. The third-order valence-electron chi connectivity index (χ3n) is 6.68. The molecule has 0 saturated carbocycles. The van der Waals surface area contributed by atoms with Crippen molar-refractivity contribution in [1.29, 1.82) is 0 Å². The number of amides is 2. The average Bonchev–Trinajstić information content (AvgIpc) is 3.46. The third-order valence-corrected chi connectivity index (χ3v) is 6.68. The molecule has 45 heavy (non-hydrogen) atoms. The zero-order valence-electron chi connectivity index (χ0n) is 25.5. The first-order valence-electron chi connectivity index (χ1n) is 13.9. The number of aromatic nitrogens is 3. The Hall–Kier alpha value is -5.08. The third kappa shape index (κ3) is 8.52. The van der Waals surface area contributed by atoms with Crippen LogP contribution in [0.25, 0.3) is 0 Å². The number of nitrogens with one attached hydrogen (secondary N) is 3. The van der Waals surface area contributed by atoms with Crippen LogP contribution in [0.3, 0.4) is 0 Å². The van der Waals surface area contributed by atoms with Crippen LogP contribution < -0.4 is 25.6 Å². The number of halogens is 3. The van der Waals surface area contributed by atoms with Gasteiger partial charge < -0.3 is 35.2 Å². The van der Waals surface area contributed by atoms with E-state index in [4.69, 9.17) is 9.47 Å². The standard InChI is InChI=1S/C30H35F3N8O4/c1-7-24(42)35-18-9-8-10-19(15-18)36-25-21(30(31,32)33)16-34-27(39-25)37-22-11-12-23(38-26(22)44-6)40(5)20-13-14-41(17-20)28(43)45-29(2,3)4/h7-12,15-16,20H,1,13-14,17H2,2-6H3,(H,35,42)(H2,34,36,37,39). The number of ether oxygens (including phenoxy) is 2. The van der Waals surface area contributed by atoms with Crippen LogP contribution in [0.2, 0.25) is 0 Å². The maximum absolute atomic E-state index is 13.8. The SMILES string of the molecule is C=CC(=O)Nc1cccc(Nc2nc(Nc3ccc(N(C)C4CCN(C(=O)OC(C)(C)C)C4)nc3OC)ncc2C(F)(F)F)c1. The van der Waals surface area contributed by atoms with Gasteiger partial charge in [-0.3, -0.25) is 4.79 Å². The van der Waals surface area contributed by atoms with Gasteiger partial charge in [0.15, 0.2) is 0 Å². The van der Waals surface area contributed by atoms with Crippen molar-refractivity contribution in [3.63, 3.8) is 0 Å². The van der Waals surface area contributed by atoms with Gasteiger partial charge in [0.05, 0.1) is 7.11 Å². The molecule has 0 aliphatic carbocycles. The van der Waals surface area contributed by atoms with Gasteiger partial charge in [-0.2, -0.15) is 23.1 Å². The van der Waals surface area contributed by atoms with Crippen LogP contribution in [0, 0.1) is 0 Å². The number of pyridine rings is 1. The van der Waals surface area contributed by atoms with Crippen molar-refractivity contribution in [1.82, 2.24) is 19.9 Å². The number of rotatable bonds is 9. The molecule has 3 N–H and O–H groups in total. The molecule has 1 saturated heterocycles. The molecule has 1 aromatic carbocycles. The van der Waals surface area contributed by atoms with Crippen LogP contribution in [0.1, 0.15) is 32.8 Å². The molecule has 1 aliphatic heterocycles. The molecule has 3 aromatic rings. The molecule has 1 atom stereocenters. The van der Waals surface area contributed by atoms with E-state index in [9.17, 15) is 22.8 Å². The van der Waals surface area contributed by atoms with Crippen molar-refractivity contribution >= 4 is 46.6 Å². The Morgan fingerprint density at radius 1 is 1.11 bits per heavy atom. The molecule has 0 radical (unpaired) electrons. The number of likely N-dealkylation sites (tertiary alicyclic amines) is 1. The number of alkyl halides is 3. The number of carbonyl (C=O) groups is 2. The summed E-state index contributed by atoms with van der Waals surface area (Å²) < 4.78 is 52.5. The lowest BCUT2D eigenvalue weighted by Gasteiger charge is -2.27. The fourth-order valence-corrected chi connectivity index (χ4v) is 4.49. The Morgan fingerprint density at radius 3 is 2.51 bits per heavy atom. The highest BCUT2D eigenvalue weighted by molar-refractivity contribution is 5.99. The minimum atomic E-state index is -4.75. The van der Waals surface area contributed by atoms with Gasteiger partial charge in [0.2, 0.25) is 17.7 Å². The first-order chi connectivity index (χ1) is 21.2. The summed E-state index contributed by atoms with van der Waals surface area (Å²) in [5.74, 6) is -0.405. The normalized spacial score (nSPS) is 14.8. The van der Waals surface area contributed by atoms with Gasteiger partial charge in [-0.15, -0.1) is 0 Å². The summed E-state index contributed by atoms with van der Waals surface area (Å²) in [6.45, 7) is 9.82. The van der Waals surface area contributed by atoms with Crippen LogP contribution in [0.5, 0.6) is 5.88 Å². The molecular weight excluding hydrogens is 593 g/mol. The number of hydrogen-bond acceptors (Lipinski definition) is 10. The highest BCUT2D eigenvalue weighted by atomic mass is 19.4. The van der Waals surface area contributed by atoms with Crippen molar-refractivity contribution in [2.24, 2.45) is 0 Å². The quantitative estimate of drug-likeness (QED) is 0.244. The number of anilines is 6. The molecule has 2 amide bonds. The van der Waals surface area contributed by atoms with Crippen LogP contribution in [-0.2, 0) is 15.7 Å². The van der Waals surface area contributed by atoms with Crippen LogP contribution in [0.4, 0.5) is 52.6 Å². The van der Waals surface area contributed by atoms with Crippen molar-refractivity contribution in [3.05, 3.63) is 60.8 Å². The van der Waals surface area contributed by atoms with E-state index in [1.165, 1.54) is 19.2 Å². The van der Waals surface area contributed by atoms with Crippen LogP contribution in [0.15, 0.2) is 55.3 Å². The second-order valence-corrected chi connectivity index (χ2v) is 11.2. The van der Waals surface area contributed by atoms with Gasteiger partial charge in [-0.1, -0.05) is 12.6 Å². The second kappa shape index (κ2) is 13.3. The predicted molar refractivity (Wildman–Crippen MR) is 164 cm³/mol. The number of likely N-dealkylation sites (N-methyl/N-ethyl adjacent to an activating group) is 1. The molecule has 0 spiro atoms. The van der Waals surface area contributed by atoms with Crippen LogP contribution >= 0.6 is 0 Å². The van der Waals surface area contributed by atoms with E-state index < -0.39 is 29.1 Å². The Balaban J connectivity index is 1.53. The number of nitrogens with zero attached hydrogens (tertiary/aromatic N) is 5. The minimum absolute atomic E-state index is 0.0241. The molecular formula is C30H35F3N8O4. The zero-order valence-corrected chi connectivity index (χ0v) is 25.5. The summed E-state index contributed by atoms with van der Waals surface area (Å²) in [4.78, 5) is 40.2. The van der Waals surface area contributed by atoms with Gasteiger partial charge in [0, 0.05) is 43.8 Å². The zero-order chi connectivity index (χ0) is 32.9. The Labute approximate surface area is 258 Å². The lowest BCUT2D eigenvalue weighted by molar-refractivity contribution is -0.137. The van der Waals surface area contributed by atoms with Crippen molar-refractivity contribution in [2.75, 3.05) is 48.1 Å². The fourth-order valence-electron chi connectivity index (χ4n) is 4.49. The molecule has 240 valence electrons.